The van der Waals surface area contributed by atoms with Gasteiger partial charge in [-0.05, 0) is 73.4 Å². The minimum atomic E-state index is -0.469. The molecule has 1 atom stereocenters. The molecule has 5 heterocycles. The number of hydrogen-bond donors (Lipinski definition) is 3. The van der Waals surface area contributed by atoms with Crippen LogP contribution in [-0.2, 0) is 23.2 Å². The minimum absolute atomic E-state index is 0.0576. The van der Waals surface area contributed by atoms with Crippen LogP contribution in [0, 0.1) is 0 Å². The number of carbonyl (C=O) groups excluding carboxylic acids is 3. The number of aryl methyl sites for hydroxylation is 1. The number of H-pyrrole nitrogens is 1. The molecule has 0 radical (unpaired) electrons. The molecule has 3 N–H and O–H groups in total. The summed E-state index contributed by atoms with van der Waals surface area (Å²) in [5, 5.41) is 14.4. The first-order chi connectivity index (χ1) is 25.5. The van der Waals surface area contributed by atoms with Crippen molar-refractivity contribution in [2.75, 3.05) is 45.7 Å². The van der Waals surface area contributed by atoms with Crippen LogP contribution in [0.15, 0.2) is 47.5 Å². The van der Waals surface area contributed by atoms with Gasteiger partial charge in [-0.15, -0.1) is 0 Å². The van der Waals surface area contributed by atoms with Gasteiger partial charge in [-0.3, -0.25) is 29.7 Å². The molecule has 53 heavy (non-hydrogen) atoms. The van der Waals surface area contributed by atoms with Gasteiger partial charge in [0.05, 0.1) is 13.3 Å². The number of aromatic amines is 1. The third-order valence-electron chi connectivity index (χ3n) is 11.0. The summed E-state index contributed by atoms with van der Waals surface area (Å²) < 4.78 is 7.35. The van der Waals surface area contributed by atoms with Gasteiger partial charge in [-0.1, -0.05) is 29.3 Å². The zero-order valence-corrected chi connectivity index (χ0v) is 31.6. The molecular formula is C38H44Cl2N8O5. The quantitative estimate of drug-likeness (QED) is 0.204. The van der Waals surface area contributed by atoms with Crippen molar-refractivity contribution in [3.05, 3.63) is 74.3 Å². The zero-order valence-electron chi connectivity index (χ0n) is 30.1. The van der Waals surface area contributed by atoms with E-state index in [-0.39, 0.29) is 35.4 Å². The molecule has 3 fully saturated rings. The maximum absolute atomic E-state index is 13.6. The van der Waals surface area contributed by atoms with Crippen LogP contribution in [-0.4, -0.2) is 99.7 Å². The van der Waals surface area contributed by atoms with E-state index < -0.39 is 6.04 Å². The van der Waals surface area contributed by atoms with Crippen LogP contribution in [0.3, 0.4) is 0 Å². The number of methoxy groups -OCH3 is 1. The number of carbonyl (C=O) groups is 3. The number of halogens is 2. The van der Waals surface area contributed by atoms with E-state index in [1.807, 2.05) is 47.2 Å². The number of piperidine rings is 3. The fraction of sp³-hybridized carbons (Fsp3) is 0.447. The Morgan fingerprint density at radius 1 is 1.02 bits per heavy atom. The van der Waals surface area contributed by atoms with Crippen LogP contribution in [0.2, 0.25) is 10.0 Å². The van der Waals surface area contributed by atoms with E-state index in [4.69, 9.17) is 27.9 Å². The number of urea groups is 1. The highest BCUT2D eigenvalue weighted by molar-refractivity contribution is 6.32. The number of nitrogens with one attached hydrogen (secondary N) is 3. The molecule has 0 saturated carbocycles. The summed E-state index contributed by atoms with van der Waals surface area (Å²) in [6.07, 6.45) is 7.52. The van der Waals surface area contributed by atoms with Crippen molar-refractivity contribution in [3.8, 4) is 16.9 Å². The lowest BCUT2D eigenvalue weighted by Gasteiger charge is -2.40. The van der Waals surface area contributed by atoms with Crippen LogP contribution in [0.25, 0.3) is 22.0 Å². The third kappa shape index (κ3) is 7.60. The average molecular weight is 764 g/mol. The predicted molar refractivity (Wildman–Crippen MR) is 205 cm³/mol. The molecule has 1 unspecified atom stereocenters. The van der Waals surface area contributed by atoms with E-state index in [1.54, 1.807) is 26.6 Å². The highest BCUT2D eigenvalue weighted by atomic mass is 35.5. The fourth-order valence-corrected chi connectivity index (χ4v) is 8.52. The Bertz CT molecular complexity index is 2100. The maximum atomic E-state index is 13.6. The van der Waals surface area contributed by atoms with Crippen molar-refractivity contribution in [3.63, 3.8) is 0 Å². The molecule has 0 aliphatic carbocycles. The summed E-state index contributed by atoms with van der Waals surface area (Å²) in [5.41, 5.74) is 4.64. The first kappa shape index (κ1) is 36.8. The summed E-state index contributed by atoms with van der Waals surface area (Å²) in [4.78, 5) is 56.0. The molecule has 7 rings (SSSR count). The van der Waals surface area contributed by atoms with E-state index in [1.165, 1.54) is 4.57 Å². The van der Waals surface area contributed by atoms with Gasteiger partial charge in [-0.25, -0.2) is 4.79 Å². The second-order valence-corrected chi connectivity index (χ2v) is 15.1. The molecule has 2 aromatic heterocycles. The molecule has 2 aromatic carbocycles. The highest BCUT2D eigenvalue weighted by Crippen LogP contribution is 2.38. The van der Waals surface area contributed by atoms with Gasteiger partial charge >= 0.3 is 6.03 Å². The largest absolute Gasteiger partial charge is 0.496 e. The van der Waals surface area contributed by atoms with Crippen LogP contribution >= 0.6 is 23.2 Å². The van der Waals surface area contributed by atoms with Crippen LogP contribution < -0.4 is 20.9 Å². The van der Waals surface area contributed by atoms with Crippen molar-refractivity contribution in [1.82, 2.24) is 34.8 Å². The number of benzene rings is 2. The Labute approximate surface area is 317 Å². The van der Waals surface area contributed by atoms with Gasteiger partial charge in [0, 0.05) is 97.7 Å². The number of rotatable bonds is 8. The Balaban J connectivity index is 0.916. The lowest BCUT2D eigenvalue weighted by atomic mass is 9.89. The molecule has 15 heteroatoms. The lowest BCUT2D eigenvalue weighted by Crippen LogP contribution is -2.51. The Morgan fingerprint density at radius 3 is 2.47 bits per heavy atom. The van der Waals surface area contributed by atoms with E-state index in [2.05, 4.69) is 25.7 Å². The van der Waals surface area contributed by atoms with Crippen molar-refractivity contribution < 1.29 is 19.1 Å². The van der Waals surface area contributed by atoms with Crippen molar-refractivity contribution in [2.24, 2.45) is 7.05 Å². The zero-order chi connectivity index (χ0) is 37.4. The summed E-state index contributed by atoms with van der Waals surface area (Å²) in [5.74, 6) is 0.342. The normalized spacial score (nSPS) is 19.0. The van der Waals surface area contributed by atoms with E-state index in [9.17, 15) is 19.2 Å². The molecule has 3 aliphatic heterocycles. The van der Waals surface area contributed by atoms with Crippen molar-refractivity contribution in [1.29, 1.82) is 0 Å². The van der Waals surface area contributed by atoms with Crippen LogP contribution in [0.5, 0.6) is 5.75 Å². The number of amides is 4. The summed E-state index contributed by atoms with van der Waals surface area (Å²) >= 11 is 13.6. The Hall–Kier alpha value is -4.59. The number of pyridine rings is 1. The number of aromatic nitrogens is 3. The van der Waals surface area contributed by atoms with Gasteiger partial charge in [0.25, 0.3) is 5.56 Å². The van der Waals surface area contributed by atoms with Gasteiger partial charge in [-0.2, -0.15) is 5.10 Å². The first-order valence-electron chi connectivity index (χ1n) is 18.0. The summed E-state index contributed by atoms with van der Waals surface area (Å²) in [7, 11) is 5.26. The molecular weight excluding hydrogens is 719 g/mol. The molecule has 0 spiro atoms. The van der Waals surface area contributed by atoms with Crippen LogP contribution in [0.4, 0.5) is 10.5 Å². The molecule has 0 bridgehead atoms. The van der Waals surface area contributed by atoms with E-state index >= 15 is 0 Å². The molecule has 3 saturated heterocycles. The molecule has 4 amide bonds. The number of fused-ring (bicyclic) bond motifs is 1. The Morgan fingerprint density at radius 2 is 1.77 bits per heavy atom. The Kier molecular flexibility index (Phi) is 10.7. The maximum Gasteiger partial charge on any atom is 0.319 e. The van der Waals surface area contributed by atoms with Gasteiger partial charge in [0.2, 0.25) is 11.8 Å². The van der Waals surface area contributed by atoms with Gasteiger partial charge in [0.1, 0.15) is 17.3 Å². The van der Waals surface area contributed by atoms with Crippen molar-refractivity contribution in [2.45, 2.75) is 63.1 Å². The van der Waals surface area contributed by atoms with E-state index in [0.717, 1.165) is 72.1 Å². The van der Waals surface area contributed by atoms with Crippen molar-refractivity contribution >= 4 is 57.6 Å². The third-order valence-corrected chi connectivity index (χ3v) is 11.7. The number of ether oxygens (including phenoxy) is 1. The first-order valence-corrected chi connectivity index (χ1v) is 18.8. The summed E-state index contributed by atoms with van der Waals surface area (Å²) in [6.45, 7) is 3.55. The highest BCUT2D eigenvalue weighted by Gasteiger charge is 2.32. The summed E-state index contributed by atoms with van der Waals surface area (Å²) in [6, 6.07) is 9.37. The monoisotopic (exact) mass is 762 g/mol. The smallest absolute Gasteiger partial charge is 0.319 e. The van der Waals surface area contributed by atoms with Crippen LogP contribution in [0.1, 0.15) is 55.6 Å². The number of likely N-dealkylation sites (tertiary alicyclic amines) is 2. The number of hydrogen-bond acceptors (Lipinski definition) is 8. The SMILES string of the molecule is COc1cc(-c2cn(C)c(=O)c3[nH]ncc23)cc(Cl)c1CN1CCC(N(C)C(=O)N2CCC(c3ccc(NC4CCC(=O)NC4=O)cc3Cl)CC2)CC1. The minimum Gasteiger partial charge on any atom is -0.496 e. The second-order valence-electron chi connectivity index (χ2n) is 14.3. The number of anilines is 1. The number of nitrogens with zero attached hydrogens (tertiary/aromatic N) is 5. The molecule has 4 aromatic rings. The van der Waals surface area contributed by atoms with Gasteiger partial charge in [0.15, 0.2) is 0 Å². The number of imide groups is 1. The lowest BCUT2D eigenvalue weighted by molar-refractivity contribution is -0.133. The second kappa shape index (κ2) is 15.4. The molecule has 3 aliphatic rings. The predicted octanol–water partition coefficient (Wildman–Crippen LogP) is 5.36. The average Bonchev–Trinajstić information content (AvgIpc) is 3.65. The molecule has 280 valence electrons. The molecule has 13 nitrogen and oxygen atoms in total. The van der Waals surface area contributed by atoms with E-state index in [0.29, 0.717) is 53.8 Å². The fourth-order valence-electron chi connectivity index (χ4n) is 7.91. The topological polar surface area (TPSA) is 145 Å². The van der Waals surface area contributed by atoms with Gasteiger partial charge < -0.3 is 24.4 Å². The standard InChI is InChI=1S/C38H44Cl2N8O5/c1-45-20-28(27-19-41-44-35(27)37(45)51)23-16-30(39)29(33(17-23)53-3)21-47-12-10-25(11-13-47)46(2)38(52)48-14-8-22(9-15-48)26-5-4-24(18-31(26)40)42-32-6-7-34(49)43-36(32)50/h4-5,16-20,22,25,32,42H,6-15,21H2,1-3H3,(H,41,44)(H,43,49,50).